The second-order valence-corrected chi connectivity index (χ2v) is 5.46. The fourth-order valence-electron chi connectivity index (χ4n) is 2.15. The molecule has 5 nitrogen and oxygen atoms in total. The van der Waals surface area contributed by atoms with E-state index in [1.165, 1.54) is 0 Å². The number of rotatable bonds is 3. The zero-order chi connectivity index (χ0) is 14.0. The molecule has 0 amide bonds. The average Bonchev–Trinajstić information content (AvgIpc) is 2.38. The van der Waals surface area contributed by atoms with Crippen LogP contribution in [0.4, 0.5) is 5.69 Å². The number of methoxy groups -OCH3 is 1. The van der Waals surface area contributed by atoms with Crippen LogP contribution in [0.1, 0.15) is 20.3 Å². The first-order chi connectivity index (χ1) is 8.93. The number of hydrogen-bond donors (Lipinski definition) is 3. The molecule has 0 bridgehead atoms. The Bertz CT molecular complexity index is 485. The minimum absolute atomic E-state index is 0.0561. The van der Waals surface area contributed by atoms with Crippen LogP contribution in [0.5, 0.6) is 5.75 Å². The number of nitrogens with one attached hydrogen (secondary N) is 1. The second kappa shape index (κ2) is 5.09. The van der Waals surface area contributed by atoms with Gasteiger partial charge in [0.25, 0.3) is 0 Å². The minimum atomic E-state index is -0.300. The standard InChI is InChI=1S/C14H21N3O2/c1-14(2)11(8-12(14)18)17-13(15)16-9-5-4-6-10(7-9)19-3/h4-7,11-12,18H,8H2,1-3H3,(H3,15,16,17). The predicted octanol–water partition coefficient (Wildman–Crippen LogP) is 1.58. The summed E-state index contributed by atoms with van der Waals surface area (Å²) in [5, 5.41) is 12.7. The van der Waals surface area contributed by atoms with E-state index in [0.29, 0.717) is 12.4 Å². The number of anilines is 1. The summed E-state index contributed by atoms with van der Waals surface area (Å²) in [4.78, 5) is 4.42. The van der Waals surface area contributed by atoms with Crippen LogP contribution in [0.2, 0.25) is 0 Å². The molecule has 1 saturated carbocycles. The molecule has 104 valence electrons. The third-order valence-electron chi connectivity index (χ3n) is 3.80. The van der Waals surface area contributed by atoms with Gasteiger partial charge in [-0.3, -0.25) is 0 Å². The van der Waals surface area contributed by atoms with Gasteiger partial charge >= 0.3 is 0 Å². The van der Waals surface area contributed by atoms with Crippen LogP contribution in [0.3, 0.4) is 0 Å². The second-order valence-electron chi connectivity index (χ2n) is 5.46. The highest BCUT2D eigenvalue weighted by Gasteiger charge is 2.47. The normalized spacial score (nSPS) is 25.6. The maximum atomic E-state index is 9.67. The topological polar surface area (TPSA) is 79.9 Å². The zero-order valence-corrected chi connectivity index (χ0v) is 11.6. The summed E-state index contributed by atoms with van der Waals surface area (Å²) < 4.78 is 5.14. The summed E-state index contributed by atoms with van der Waals surface area (Å²) in [5.41, 5.74) is 6.51. The molecule has 0 aromatic heterocycles. The fourth-order valence-corrected chi connectivity index (χ4v) is 2.15. The van der Waals surface area contributed by atoms with Crippen molar-refractivity contribution >= 4 is 11.6 Å². The first-order valence-electron chi connectivity index (χ1n) is 6.36. The van der Waals surface area contributed by atoms with Gasteiger partial charge in [0.15, 0.2) is 5.96 Å². The maximum Gasteiger partial charge on any atom is 0.193 e. The van der Waals surface area contributed by atoms with Gasteiger partial charge < -0.3 is 20.9 Å². The quantitative estimate of drug-likeness (QED) is 0.571. The first kappa shape index (κ1) is 13.7. The largest absolute Gasteiger partial charge is 0.497 e. The molecule has 2 unspecified atom stereocenters. The lowest BCUT2D eigenvalue weighted by atomic mass is 9.65. The molecule has 0 saturated heterocycles. The van der Waals surface area contributed by atoms with Crippen molar-refractivity contribution in [2.24, 2.45) is 16.1 Å². The van der Waals surface area contributed by atoms with E-state index in [9.17, 15) is 5.11 Å². The highest BCUT2D eigenvalue weighted by molar-refractivity contribution is 5.92. The third-order valence-corrected chi connectivity index (χ3v) is 3.80. The first-order valence-corrected chi connectivity index (χ1v) is 6.36. The molecule has 0 spiro atoms. The van der Waals surface area contributed by atoms with Gasteiger partial charge in [0.2, 0.25) is 0 Å². The van der Waals surface area contributed by atoms with Crippen molar-refractivity contribution in [3.63, 3.8) is 0 Å². The fraction of sp³-hybridized carbons (Fsp3) is 0.500. The van der Waals surface area contributed by atoms with Crippen molar-refractivity contribution in [3.05, 3.63) is 24.3 Å². The number of ether oxygens (including phenoxy) is 1. The molecule has 4 N–H and O–H groups in total. The van der Waals surface area contributed by atoms with Gasteiger partial charge in [-0.2, -0.15) is 0 Å². The smallest absolute Gasteiger partial charge is 0.193 e. The van der Waals surface area contributed by atoms with E-state index in [-0.39, 0.29) is 17.6 Å². The Hall–Kier alpha value is -1.75. The number of aliphatic imine (C=N–C) groups is 1. The Morgan fingerprint density at radius 3 is 2.84 bits per heavy atom. The van der Waals surface area contributed by atoms with Crippen LogP contribution in [-0.4, -0.2) is 30.3 Å². The lowest BCUT2D eigenvalue weighted by Gasteiger charge is -2.46. The molecule has 1 aliphatic carbocycles. The number of benzene rings is 1. The number of aliphatic hydroxyl groups excluding tert-OH is 1. The Kier molecular flexibility index (Phi) is 3.66. The van der Waals surface area contributed by atoms with E-state index in [4.69, 9.17) is 10.5 Å². The van der Waals surface area contributed by atoms with Crippen molar-refractivity contribution in [1.29, 1.82) is 0 Å². The molecule has 2 rings (SSSR count). The van der Waals surface area contributed by atoms with E-state index >= 15 is 0 Å². The van der Waals surface area contributed by atoms with Gasteiger partial charge in [-0.05, 0) is 18.6 Å². The number of guanidine groups is 1. The summed E-state index contributed by atoms with van der Waals surface area (Å²) in [6.45, 7) is 3.99. The SMILES string of the molecule is COc1cccc(NC(N)=NC2CC(O)C2(C)C)c1. The molecule has 2 atom stereocenters. The Morgan fingerprint density at radius 1 is 1.53 bits per heavy atom. The minimum Gasteiger partial charge on any atom is -0.497 e. The molecule has 1 aliphatic rings. The van der Waals surface area contributed by atoms with E-state index < -0.39 is 0 Å². The molecule has 19 heavy (non-hydrogen) atoms. The van der Waals surface area contributed by atoms with Crippen molar-refractivity contribution in [2.45, 2.75) is 32.4 Å². The Labute approximate surface area is 113 Å². The molecule has 5 heteroatoms. The summed E-state index contributed by atoms with van der Waals surface area (Å²) in [5.74, 6) is 1.12. The number of aliphatic hydroxyl groups is 1. The van der Waals surface area contributed by atoms with Gasteiger partial charge in [0, 0.05) is 17.2 Å². The van der Waals surface area contributed by atoms with Crippen LogP contribution in [0.25, 0.3) is 0 Å². The third kappa shape index (κ3) is 2.81. The molecule has 0 aliphatic heterocycles. The summed E-state index contributed by atoms with van der Waals surface area (Å²) >= 11 is 0. The predicted molar refractivity (Wildman–Crippen MR) is 76.4 cm³/mol. The summed E-state index contributed by atoms with van der Waals surface area (Å²) in [6.07, 6.45) is 0.360. The van der Waals surface area contributed by atoms with Gasteiger partial charge in [0.05, 0.1) is 19.3 Å². The average molecular weight is 263 g/mol. The van der Waals surface area contributed by atoms with E-state index in [0.717, 1.165) is 11.4 Å². The number of nitrogens with zero attached hydrogens (tertiary/aromatic N) is 1. The van der Waals surface area contributed by atoms with Crippen LogP contribution < -0.4 is 15.8 Å². The van der Waals surface area contributed by atoms with E-state index in [2.05, 4.69) is 10.3 Å². The van der Waals surface area contributed by atoms with Gasteiger partial charge in [-0.15, -0.1) is 0 Å². The molecular formula is C14H21N3O2. The molecule has 1 fully saturated rings. The van der Waals surface area contributed by atoms with Crippen LogP contribution in [0.15, 0.2) is 29.3 Å². The summed E-state index contributed by atoms with van der Waals surface area (Å²) in [7, 11) is 1.62. The highest BCUT2D eigenvalue weighted by Crippen LogP contribution is 2.42. The van der Waals surface area contributed by atoms with E-state index in [1.54, 1.807) is 7.11 Å². The molecular weight excluding hydrogens is 242 g/mol. The summed E-state index contributed by atoms with van der Waals surface area (Å²) in [6, 6.07) is 7.55. The molecule has 1 aromatic carbocycles. The van der Waals surface area contributed by atoms with Crippen molar-refractivity contribution in [3.8, 4) is 5.75 Å². The molecule has 0 heterocycles. The zero-order valence-electron chi connectivity index (χ0n) is 11.6. The van der Waals surface area contributed by atoms with Crippen molar-refractivity contribution in [1.82, 2.24) is 0 Å². The molecule has 0 radical (unpaired) electrons. The van der Waals surface area contributed by atoms with Gasteiger partial charge in [0.1, 0.15) is 5.75 Å². The van der Waals surface area contributed by atoms with Gasteiger partial charge in [-0.25, -0.2) is 4.99 Å². The lowest BCUT2D eigenvalue weighted by Crippen LogP contribution is -2.53. The maximum absolute atomic E-state index is 9.67. The monoisotopic (exact) mass is 263 g/mol. The Morgan fingerprint density at radius 2 is 2.26 bits per heavy atom. The van der Waals surface area contributed by atoms with Crippen LogP contribution in [0, 0.1) is 5.41 Å². The van der Waals surface area contributed by atoms with Crippen LogP contribution >= 0.6 is 0 Å². The highest BCUT2D eigenvalue weighted by atomic mass is 16.5. The number of hydrogen-bond acceptors (Lipinski definition) is 3. The van der Waals surface area contributed by atoms with Crippen molar-refractivity contribution < 1.29 is 9.84 Å². The van der Waals surface area contributed by atoms with Gasteiger partial charge in [-0.1, -0.05) is 19.9 Å². The Balaban J connectivity index is 2.03. The van der Waals surface area contributed by atoms with Crippen molar-refractivity contribution in [2.75, 3.05) is 12.4 Å². The lowest BCUT2D eigenvalue weighted by molar-refractivity contribution is -0.0576. The van der Waals surface area contributed by atoms with E-state index in [1.807, 2.05) is 38.1 Å². The van der Waals surface area contributed by atoms with Crippen LogP contribution in [-0.2, 0) is 0 Å². The molecule has 1 aromatic rings. The number of nitrogens with two attached hydrogens (primary N) is 1.